The number of thiazole rings is 1. The van der Waals surface area contributed by atoms with Crippen molar-refractivity contribution in [1.29, 1.82) is 5.41 Å². The van der Waals surface area contributed by atoms with Gasteiger partial charge in [-0.1, -0.05) is 20.8 Å². The Balaban J connectivity index is 1.83. The molecule has 0 aromatic carbocycles. The monoisotopic (exact) mass is 410 g/mol. The number of carbonyl (C=O) groups is 1. The average Bonchev–Trinajstić information content (AvgIpc) is 3.06. The van der Waals surface area contributed by atoms with Crippen LogP contribution in [0, 0.1) is 10.8 Å². The first-order valence-corrected chi connectivity index (χ1v) is 11.1. The first-order chi connectivity index (χ1) is 12.8. The lowest BCUT2D eigenvalue weighted by atomic mass is 9.90. The van der Waals surface area contributed by atoms with E-state index in [1.54, 1.807) is 13.1 Å². The summed E-state index contributed by atoms with van der Waals surface area (Å²) >= 11 is 3.52. The minimum absolute atomic E-state index is 0.280. The van der Waals surface area contributed by atoms with Crippen LogP contribution in [0.15, 0.2) is 18.1 Å². The summed E-state index contributed by atoms with van der Waals surface area (Å²) in [7, 11) is 1.71. The van der Waals surface area contributed by atoms with Crippen LogP contribution in [-0.2, 0) is 6.42 Å². The standard InChI is InChI=1S/C18H30N6OS2/c1-18(2,3)14(19)11-15(20-4)22-16(25)23-17-21-12-13(27-17)5-6-24-7-9-26-10-8-24/h11-12,19-20H,5-10H2,1-4H3,(H2,21,22,23,25)/b15-11+,19-14?. The number of anilines is 1. The Morgan fingerprint density at radius 3 is 2.70 bits per heavy atom. The summed E-state index contributed by atoms with van der Waals surface area (Å²) in [6.07, 6.45) is 4.42. The lowest BCUT2D eigenvalue weighted by Gasteiger charge is -2.25. The number of amides is 2. The van der Waals surface area contributed by atoms with Crippen LogP contribution < -0.4 is 16.0 Å². The van der Waals surface area contributed by atoms with Gasteiger partial charge in [0, 0.05) is 60.4 Å². The highest BCUT2D eigenvalue weighted by Gasteiger charge is 2.17. The molecule has 1 saturated heterocycles. The van der Waals surface area contributed by atoms with Crippen molar-refractivity contribution < 1.29 is 4.79 Å². The molecule has 27 heavy (non-hydrogen) atoms. The Bertz CT molecular complexity index is 674. The molecule has 1 fully saturated rings. The summed E-state index contributed by atoms with van der Waals surface area (Å²) in [5.74, 6) is 2.90. The highest BCUT2D eigenvalue weighted by atomic mass is 32.2. The third-order valence-corrected chi connectivity index (χ3v) is 6.08. The molecule has 0 spiro atoms. The molecule has 4 N–H and O–H groups in total. The molecule has 0 radical (unpaired) electrons. The summed E-state index contributed by atoms with van der Waals surface area (Å²) in [6, 6.07) is -0.369. The second kappa shape index (κ2) is 10.1. The number of thioether (sulfide) groups is 1. The van der Waals surface area contributed by atoms with Crippen LogP contribution in [0.4, 0.5) is 9.93 Å². The zero-order chi connectivity index (χ0) is 19.9. The number of nitrogens with zero attached hydrogens (tertiary/aromatic N) is 2. The van der Waals surface area contributed by atoms with E-state index < -0.39 is 0 Å². The van der Waals surface area contributed by atoms with Gasteiger partial charge in [-0.05, 0) is 12.5 Å². The van der Waals surface area contributed by atoms with Crippen LogP contribution in [0.3, 0.4) is 0 Å². The first kappa shape index (κ1) is 21.7. The molecule has 7 nitrogen and oxygen atoms in total. The number of rotatable bonds is 7. The summed E-state index contributed by atoms with van der Waals surface area (Å²) in [6.45, 7) is 9.21. The Hall–Kier alpha value is -1.58. The molecule has 2 rings (SSSR count). The van der Waals surface area contributed by atoms with Crippen molar-refractivity contribution in [2.24, 2.45) is 5.41 Å². The zero-order valence-corrected chi connectivity index (χ0v) is 18.1. The molecule has 1 aromatic rings. The topological polar surface area (TPSA) is 93.1 Å². The molecule has 0 saturated carbocycles. The van der Waals surface area contributed by atoms with E-state index in [4.69, 9.17) is 5.41 Å². The van der Waals surface area contributed by atoms with Crippen molar-refractivity contribution in [3.05, 3.63) is 23.0 Å². The molecule has 150 valence electrons. The molecule has 2 heterocycles. The Morgan fingerprint density at radius 2 is 2.07 bits per heavy atom. The van der Waals surface area contributed by atoms with Gasteiger partial charge in [0.15, 0.2) is 5.13 Å². The molecule has 0 unspecified atom stereocenters. The van der Waals surface area contributed by atoms with Gasteiger partial charge in [-0.15, -0.1) is 11.3 Å². The lowest BCUT2D eigenvalue weighted by molar-refractivity contribution is 0.254. The average molecular weight is 411 g/mol. The highest BCUT2D eigenvalue weighted by molar-refractivity contribution is 7.99. The SMILES string of the molecule is CN/C(=C\C(=N)C(C)(C)C)NC(=O)Nc1ncc(CCN2CCSCC2)s1. The predicted molar refractivity (Wildman–Crippen MR) is 116 cm³/mol. The van der Waals surface area contributed by atoms with E-state index in [9.17, 15) is 4.79 Å². The molecule has 1 aliphatic rings. The third-order valence-electron chi connectivity index (χ3n) is 4.17. The zero-order valence-electron chi connectivity index (χ0n) is 16.5. The molecule has 0 atom stereocenters. The van der Waals surface area contributed by atoms with E-state index in [2.05, 4.69) is 25.8 Å². The molecule has 9 heteroatoms. The number of carbonyl (C=O) groups excluding carboxylic acids is 1. The predicted octanol–water partition coefficient (Wildman–Crippen LogP) is 2.98. The quantitative estimate of drug-likeness (QED) is 0.519. The van der Waals surface area contributed by atoms with Crippen LogP contribution in [-0.4, -0.2) is 59.8 Å². The van der Waals surface area contributed by atoms with Gasteiger partial charge in [0.25, 0.3) is 0 Å². The lowest BCUT2D eigenvalue weighted by Crippen LogP contribution is -2.34. The minimum atomic E-state index is -0.369. The van der Waals surface area contributed by atoms with Gasteiger partial charge in [0.05, 0.1) is 0 Å². The van der Waals surface area contributed by atoms with Gasteiger partial charge in [-0.3, -0.25) is 10.6 Å². The van der Waals surface area contributed by atoms with E-state index in [1.807, 2.05) is 38.7 Å². The minimum Gasteiger partial charge on any atom is -0.375 e. The van der Waals surface area contributed by atoms with Gasteiger partial charge >= 0.3 is 6.03 Å². The number of aromatic nitrogens is 1. The van der Waals surface area contributed by atoms with Crippen LogP contribution in [0.5, 0.6) is 0 Å². The van der Waals surface area contributed by atoms with Crippen molar-refractivity contribution in [1.82, 2.24) is 20.5 Å². The number of allylic oxidation sites excluding steroid dienone is 1. The Morgan fingerprint density at radius 1 is 1.37 bits per heavy atom. The van der Waals surface area contributed by atoms with Gasteiger partial charge in [0.2, 0.25) is 0 Å². The summed E-state index contributed by atoms with van der Waals surface area (Å²) in [4.78, 5) is 20.2. The molecule has 1 aromatic heterocycles. The number of hydrogen-bond donors (Lipinski definition) is 4. The van der Waals surface area contributed by atoms with Gasteiger partial charge in [-0.25, -0.2) is 9.78 Å². The largest absolute Gasteiger partial charge is 0.375 e. The number of nitrogens with one attached hydrogen (secondary N) is 4. The Labute approximate surface area is 169 Å². The molecular weight excluding hydrogens is 380 g/mol. The van der Waals surface area contributed by atoms with Crippen molar-refractivity contribution in [2.45, 2.75) is 27.2 Å². The van der Waals surface area contributed by atoms with Crippen LogP contribution >= 0.6 is 23.1 Å². The summed E-state index contributed by atoms with van der Waals surface area (Å²) < 4.78 is 0. The summed E-state index contributed by atoms with van der Waals surface area (Å²) in [5, 5.41) is 17.1. The maximum Gasteiger partial charge on any atom is 0.326 e. The first-order valence-electron chi connectivity index (χ1n) is 9.09. The van der Waals surface area contributed by atoms with Crippen molar-refractivity contribution >= 4 is 40.0 Å². The molecule has 0 bridgehead atoms. The molecular formula is C18H30N6OS2. The van der Waals surface area contributed by atoms with E-state index in [0.717, 1.165) is 26.1 Å². The van der Waals surface area contributed by atoms with E-state index >= 15 is 0 Å². The fourth-order valence-corrected chi connectivity index (χ4v) is 4.13. The third kappa shape index (κ3) is 7.51. The second-order valence-corrected chi connectivity index (χ2v) is 9.73. The fourth-order valence-electron chi connectivity index (χ4n) is 2.36. The maximum absolute atomic E-state index is 12.2. The number of urea groups is 1. The normalized spacial score (nSPS) is 16.1. The van der Waals surface area contributed by atoms with Crippen LogP contribution in [0.25, 0.3) is 0 Å². The molecule has 0 aliphatic carbocycles. The molecule has 1 aliphatic heterocycles. The van der Waals surface area contributed by atoms with E-state index in [0.29, 0.717) is 16.7 Å². The fraction of sp³-hybridized carbons (Fsp3) is 0.611. The van der Waals surface area contributed by atoms with Gasteiger partial charge < -0.3 is 15.6 Å². The van der Waals surface area contributed by atoms with E-state index in [-0.39, 0.29) is 11.4 Å². The second-order valence-electron chi connectivity index (χ2n) is 7.39. The Kier molecular flexibility index (Phi) is 8.12. The molecule has 2 amide bonds. The van der Waals surface area contributed by atoms with Crippen LogP contribution in [0.1, 0.15) is 25.6 Å². The van der Waals surface area contributed by atoms with Crippen molar-refractivity contribution in [3.63, 3.8) is 0 Å². The van der Waals surface area contributed by atoms with Gasteiger partial charge in [-0.2, -0.15) is 11.8 Å². The van der Waals surface area contributed by atoms with Gasteiger partial charge in [0.1, 0.15) is 5.82 Å². The highest BCUT2D eigenvalue weighted by Crippen LogP contribution is 2.20. The van der Waals surface area contributed by atoms with Crippen LogP contribution in [0.2, 0.25) is 0 Å². The van der Waals surface area contributed by atoms with Crippen molar-refractivity contribution in [3.8, 4) is 0 Å². The maximum atomic E-state index is 12.2. The van der Waals surface area contributed by atoms with E-state index in [1.165, 1.54) is 27.7 Å². The number of hydrogen-bond acceptors (Lipinski definition) is 7. The summed E-state index contributed by atoms with van der Waals surface area (Å²) in [5.41, 5.74) is 0.150. The smallest absolute Gasteiger partial charge is 0.326 e. The van der Waals surface area contributed by atoms with Crippen molar-refractivity contribution in [2.75, 3.05) is 43.5 Å².